The number of nitrogens with zero attached hydrogens (tertiary/aromatic N) is 3. The quantitative estimate of drug-likeness (QED) is 0.326. The molecule has 2 aromatic carbocycles. The number of fused-ring (bicyclic) bond motifs is 1. The molecule has 2 aromatic rings. The molecule has 1 aliphatic heterocycles. The fourth-order valence-corrected chi connectivity index (χ4v) is 3.57. The van der Waals surface area contributed by atoms with Gasteiger partial charge in [0.2, 0.25) is 5.91 Å². The van der Waals surface area contributed by atoms with Gasteiger partial charge in [-0.25, -0.2) is 0 Å². The zero-order chi connectivity index (χ0) is 24.1. The van der Waals surface area contributed by atoms with Crippen LogP contribution in [0.2, 0.25) is 5.02 Å². The number of hydrogen-bond acceptors (Lipinski definition) is 7. The first-order chi connectivity index (χ1) is 15.8. The third kappa shape index (κ3) is 5.16. The van der Waals surface area contributed by atoms with Crippen molar-refractivity contribution in [2.45, 2.75) is 13.0 Å². The van der Waals surface area contributed by atoms with Crippen molar-refractivity contribution in [3.8, 4) is 0 Å². The Morgan fingerprint density at radius 3 is 2.58 bits per heavy atom. The van der Waals surface area contributed by atoms with Crippen LogP contribution in [0.3, 0.4) is 0 Å². The first kappa shape index (κ1) is 23.8. The number of aliphatic hydroxyl groups is 1. The molecule has 9 nitrogen and oxygen atoms in total. The van der Waals surface area contributed by atoms with Gasteiger partial charge >= 0.3 is 0 Å². The average Bonchev–Trinajstić information content (AvgIpc) is 2.90. The van der Waals surface area contributed by atoms with E-state index in [0.717, 1.165) is 5.56 Å². The predicted molar refractivity (Wildman–Crippen MR) is 133 cm³/mol. The van der Waals surface area contributed by atoms with Gasteiger partial charge in [0.25, 0.3) is 0 Å². The van der Waals surface area contributed by atoms with Gasteiger partial charge < -0.3 is 16.6 Å². The van der Waals surface area contributed by atoms with E-state index >= 15 is 0 Å². The lowest BCUT2D eigenvalue weighted by atomic mass is 9.95. The van der Waals surface area contributed by atoms with Gasteiger partial charge in [-0.05, 0) is 36.8 Å². The summed E-state index contributed by atoms with van der Waals surface area (Å²) in [5, 5.41) is 27.4. The van der Waals surface area contributed by atoms with Gasteiger partial charge in [-0.2, -0.15) is 0 Å². The Morgan fingerprint density at radius 2 is 2.00 bits per heavy atom. The van der Waals surface area contributed by atoms with Gasteiger partial charge in [0.15, 0.2) is 0 Å². The van der Waals surface area contributed by atoms with E-state index in [1.54, 1.807) is 43.3 Å². The fourth-order valence-electron chi connectivity index (χ4n) is 3.44. The molecular formula is C23H24ClN7O2. The Balaban J connectivity index is 2.24. The van der Waals surface area contributed by atoms with Crippen LogP contribution in [0.1, 0.15) is 23.6 Å². The van der Waals surface area contributed by atoms with Crippen LogP contribution in [0.5, 0.6) is 0 Å². The van der Waals surface area contributed by atoms with Crippen LogP contribution in [0.25, 0.3) is 5.57 Å². The largest absolute Gasteiger partial charge is 0.404 e. The predicted octanol–water partition coefficient (Wildman–Crippen LogP) is 2.19. The fraction of sp³-hybridized carbons (Fsp3) is 0.174. The molecule has 33 heavy (non-hydrogen) atoms. The van der Waals surface area contributed by atoms with Gasteiger partial charge in [0.1, 0.15) is 24.3 Å². The summed E-state index contributed by atoms with van der Waals surface area (Å²) in [6.07, 6.45) is 2.82. The number of benzene rings is 2. The minimum Gasteiger partial charge on any atom is -0.404 e. The number of amides is 1. The lowest BCUT2D eigenvalue weighted by molar-refractivity contribution is -0.116. The molecule has 0 aromatic heterocycles. The van der Waals surface area contributed by atoms with Crippen LogP contribution in [0, 0.1) is 10.8 Å². The van der Waals surface area contributed by atoms with Crippen LogP contribution < -0.4 is 16.4 Å². The van der Waals surface area contributed by atoms with Crippen molar-refractivity contribution in [3.63, 3.8) is 0 Å². The number of anilines is 1. The number of nitrogens with two attached hydrogens (primary N) is 2. The number of carbonyl (C=O) groups is 1. The maximum atomic E-state index is 11.0. The second-order valence-electron chi connectivity index (χ2n) is 7.28. The van der Waals surface area contributed by atoms with Crippen molar-refractivity contribution in [1.82, 2.24) is 0 Å². The van der Waals surface area contributed by atoms with Crippen molar-refractivity contribution < 1.29 is 9.90 Å². The van der Waals surface area contributed by atoms with Crippen molar-refractivity contribution in [2.75, 3.05) is 18.1 Å². The number of aliphatic hydroxyl groups excluding tert-OH is 1. The molecule has 0 saturated carbocycles. The molecule has 0 saturated heterocycles. The van der Waals surface area contributed by atoms with E-state index in [4.69, 9.17) is 33.9 Å². The van der Waals surface area contributed by atoms with Crippen molar-refractivity contribution >= 4 is 52.4 Å². The summed E-state index contributed by atoms with van der Waals surface area (Å²) in [6.45, 7) is 1.000. The summed E-state index contributed by atoms with van der Waals surface area (Å²) in [6, 6.07) is 11.5. The molecule has 0 radical (unpaired) electrons. The van der Waals surface area contributed by atoms with Gasteiger partial charge in [0.05, 0.1) is 18.0 Å². The number of halogens is 1. The normalized spacial score (nSPS) is 16.4. The molecule has 0 fully saturated rings. The SMILES string of the molecule is CC(=N)N1C(=N)[C@H](CO)N=C(c2ccc(Cl)cc2)c2cc(C(C=NCC(N)=O)=CN)ccc21. The lowest BCUT2D eigenvalue weighted by Gasteiger charge is -2.26. The van der Waals surface area contributed by atoms with Crippen LogP contribution in [-0.4, -0.2) is 53.8 Å². The minimum absolute atomic E-state index is 0.0134. The standard InChI is InChI=1S/C23H24ClN7O2/c1-13(26)31-20-7-4-15(16(9-25)10-29-11-21(27)33)8-18(20)22(30-19(12-32)23(31)28)14-2-5-17(24)6-3-14/h2-10,19,26,28,32H,11-12,25H2,1H3,(H2,27,33)/t19-/m0/s1. The second kappa shape index (κ2) is 10.2. The minimum atomic E-state index is -0.867. The van der Waals surface area contributed by atoms with Crippen LogP contribution in [0.15, 0.2) is 58.6 Å². The molecule has 7 N–H and O–H groups in total. The lowest BCUT2D eigenvalue weighted by Crippen LogP contribution is -2.41. The molecule has 1 aliphatic rings. The van der Waals surface area contributed by atoms with E-state index in [0.29, 0.717) is 33.1 Å². The number of allylic oxidation sites excluding steroid dienone is 1. The summed E-state index contributed by atoms with van der Waals surface area (Å²) < 4.78 is 0. The summed E-state index contributed by atoms with van der Waals surface area (Å²) in [5.41, 5.74) is 14.6. The Bertz CT molecular complexity index is 1190. The molecule has 1 heterocycles. The van der Waals surface area contributed by atoms with E-state index in [9.17, 15) is 9.90 Å². The van der Waals surface area contributed by atoms with Crippen molar-refractivity contribution in [3.05, 3.63) is 70.4 Å². The monoisotopic (exact) mass is 465 g/mol. The second-order valence-corrected chi connectivity index (χ2v) is 7.72. The van der Waals surface area contributed by atoms with Crippen LogP contribution >= 0.6 is 11.6 Å². The summed E-state index contributed by atoms with van der Waals surface area (Å²) in [4.78, 5) is 21.1. The average molecular weight is 466 g/mol. The van der Waals surface area contributed by atoms with Crippen LogP contribution in [-0.2, 0) is 4.79 Å². The maximum absolute atomic E-state index is 11.0. The van der Waals surface area contributed by atoms with Gasteiger partial charge in [-0.1, -0.05) is 29.8 Å². The highest BCUT2D eigenvalue weighted by molar-refractivity contribution is 6.31. The topological polar surface area (TPSA) is 165 Å². The molecule has 0 spiro atoms. The maximum Gasteiger partial charge on any atom is 0.239 e. The van der Waals surface area contributed by atoms with E-state index in [1.807, 2.05) is 6.07 Å². The highest BCUT2D eigenvalue weighted by atomic mass is 35.5. The first-order valence-corrected chi connectivity index (χ1v) is 10.4. The number of carbonyl (C=O) groups excluding carboxylic acids is 1. The third-order valence-corrected chi connectivity index (χ3v) is 5.20. The molecule has 0 bridgehead atoms. The van der Waals surface area contributed by atoms with Crippen molar-refractivity contribution in [1.29, 1.82) is 10.8 Å². The number of hydrogen-bond donors (Lipinski definition) is 5. The Hall–Kier alpha value is -3.82. The number of amidine groups is 2. The summed E-state index contributed by atoms with van der Waals surface area (Å²) >= 11 is 6.06. The molecule has 10 heteroatoms. The highest BCUT2D eigenvalue weighted by Crippen LogP contribution is 2.32. The van der Waals surface area contributed by atoms with E-state index in [2.05, 4.69) is 9.98 Å². The van der Waals surface area contributed by atoms with Gasteiger partial charge in [-0.15, -0.1) is 0 Å². The number of nitrogens with one attached hydrogen (secondary N) is 2. The molecule has 0 aliphatic carbocycles. The number of primary amides is 1. The van der Waals surface area contributed by atoms with Crippen molar-refractivity contribution in [2.24, 2.45) is 21.5 Å². The van der Waals surface area contributed by atoms with Gasteiger partial charge in [-0.3, -0.25) is 30.5 Å². The van der Waals surface area contributed by atoms with E-state index in [1.165, 1.54) is 17.3 Å². The number of benzodiazepines with no additional fused rings is 1. The molecule has 1 amide bonds. The summed E-state index contributed by atoms with van der Waals surface area (Å²) in [7, 11) is 0. The third-order valence-electron chi connectivity index (χ3n) is 4.95. The molecule has 0 unspecified atom stereocenters. The van der Waals surface area contributed by atoms with E-state index in [-0.39, 0.29) is 18.2 Å². The molecule has 170 valence electrons. The Morgan fingerprint density at radius 1 is 1.30 bits per heavy atom. The molecule has 1 atom stereocenters. The smallest absolute Gasteiger partial charge is 0.239 e. The van der Waals surface area contributed by atoms with Gasteiger partial charge in [0, 0.05) is 34.1 Å². The molecular weight excluding hydrogens is 442 g/mol. The Labute approximate surface area is 196 Å². The molecule has 3 rings (SSSR count). The van der Waals surface area contributed by atoms with Crippen LogP contribution in [0.4, 0.5) is 5.69 Å². The summed E-state index contributed by atoms with van der Waals surface area (Å²) in [5.74, 6) is -0.467. The zero-order valence-electron chi connectivity index (χ0n) is 17.9. The zero-order valence-corrected chi connectivity index (χ0v) is 18.7. The van der Waals surface area contributed by atoms with E-state index < -0.39 is 18.6 Å². The first-order valence-electron chi connectivity index (χ1n) is 10.00. The number of rotatable bonds is 6. The highest BCUT2D eigenvalue weighted by Gasteiger charge is 2.30. The Kier molecular flexibility index (Phi) is 7.37. The number of aliphatic imine (C=N–C) groups is 2.